The molecule has 17 heavy (non-hydrogen) atoms. The molecule has 2 heteroatoms. The average Bonchev–Trinajstić information content (AvgIpc) is 2.24. The van der Waals surface area contributed by atoms with E-state index in [1.165, 1.54) is 5.56 Å². The molecule has 1 fully saturated rings. The lowest BCUT2D eigenvalue weighted by Gasteiger charge is -2.44. The summed E-state index contributed by atoms with van der Waals surface area (Å²) in [7, 11) is 2.18. The van der Waals surface area contributed by atoms with Crippen LogP contribution in [0.5, 0.6) is 5.75 Å². The number of hydrogen-bond acceptors (Lipinski definition) is 2. The predicted octanol–water partition coefficient (Wildman–Crippen LogP) is 3.26. The minimum absolute atomic E-state index is 0. The first-order valence-corrected chi connectivity index (χ1v) is 6.00. The SMILES string of the molecule is C.CC1CN(C)CCC1(C)c1cccc(O)c1. The van der Waals surface area contributed by atoms with Crippen LogP contribution in [0.1, 0.15) is 33.3 Å². The summed E-state index contributed by atoms with van der Waals surface area (Å²) in [6, 6.07) is 7.75. The first-order valence-electron chi connectivity index (χ1n) is 6.00. The first kappa shape index (κ1) is 14.0. The van der Waals surface area contributed by atoms with E-state index in [-0.39, 0.29) is 12.8 Å². The van der Waals surface area contributed by atoms with Gasteiger partial charge in [-0.1, -0.05) is 33.4 Å². The van der Waals surface area contributed by atoms with Gasteiger partial charge in [-0.25, -0.2) is 0 Å². The molecule has 1 aliphatic rings. The zero-order valence-corrected chi connectivity index (χ0v) is 10.4. The molecule has 1 aromatic carbocycles. The van der Waals surface area contributed by atoms with E-state index in [0.717, 1.165) is 19.5 Å². The second-order valence-electron chi connectivity index (χ2n) is 5.38. The Labute approximate surface area is 105 Å². The molecule has 0 amide bonds. The second kappa shape index (κ2) is 5.09. The van der Waals surface area contributed by atoms with E-state index in [2.05, 4.69) is 31.9 Å². The Hall–Kier alpha value is -1.02. The van der Waals surface area contributed by atoms with Gasteiger partial charge in [0, 0.05) is 6.54 Å². The summed E-state index contributed by atoms with van der Waals surface area (Å²) >= 11 is 0. The maximum absolute atomic E-state index is 9.59. The van der Waals surface area contributed by atoms with Gasteiger partial charge in [0.15, 0.2) is 0 Å². The summed E-state index contributed by atoms with van der Waals surface area (Å²) in [5, 5.41) is 9.59. The lowest BCUT2D eigenvalue weighted by molar-refractivity contribution is 0.133. The van der Waals surface area contributed by atoms with Gasteiger partial charge in [-0.3, -0.25) is 0 Å². The zero-order valence-electron chi connectivity index (χ0n) is 10.4. The summed E-state index contributed by atoms with van der Waals surface area (Å²) in [6.07, 6.45) is 1.16. The highest BCUT2D eigenvalue weighted by atomic mass is 16.3. The highest BCUT2D eigenvalue weighted by molar-refractivity contribution is 5.33. The van der Waals surface area contributed by atoms with Gasteiger partial charge < -0.3 is 10.0 Å². The Kier molecular flexibility index (Phi) is 4.21. The van der Waals surface area contributed by atoms with Gasteiger partial charge in [0.05, 0.1) is 0 Å². The third kappa shape index (κ3) is 2.63. The fourth-order valence-corrected chi connectivity index (χ4v) is 2.72. The van der Waals surface area contributed by atoms with Crippen molar-refractivity contribution in [1.29, 1.82) is 0 Å². The molecule has 2 nitrogen and oxygen atoms in total. The maximum atomic E-state index is 9.59. The van der Waals surface area contributed by atoms with Crippen LogP contribution in [-0.4, -0.2) is 30.1 Å². The summed E-state index contributed by atoms with van der Waals surface area (Å²) in [4.78, 5) is 2.38. The zero-order chi connectivity index (χ0) is 11.8. The van der Waals surface area contributed by atoms with Crippen LogP contribution in [0.3, 0.4) is 0 Å². The van der Waals surface area contributed by atoms with Crippen LogP contribution in [0.2, 0.25) is 0 Å². The smallest absolute Gasteiger partial charge is 0.115 e. The predicted molar refractivity (Wildman–Crippen MR) is 73.5 cm³/mol. The molecule has 2 unspecified atom stereocenters. The van der Waals surface area contributed by atoms with Crippen molar-refractivity contribution >= 4 is 0 Å². The number of hydrogen-bond donors (Lipinski definition) is 1. The van der Waals surface area contributed by atoms with Crippen molar-refractivity contribution < 1.29 is 5.11 Å². The number of aromatic hydroxyl groups is 1. The van der Waals surface area contributed by atoms with Crippen molar-refractivity contribution in [2.75, 3.05) is 20.1 Å². The molecule has 1 N–H and O–H groups in total. The largest absolute Gasteiger partial charge is 0.508 e. The fraction of sp³-hybridized carbons (Fsp3) is 0.600. The molecule has 0 saturated carbocycles. The van der Waals surface area contributed by atoms with Crippen LogP contribution >= 0.6 is 0 Å². The fourth-order valence-electron chi connectivity index (χ4n) is 2.72. The Morgan fingerprint density at radius 2 is 2.12 bits per heavy atom. The van der Waals surface area contributed by atoms with E-state index >= 15 is 0 Å². The van der Waals surface area contributed by atoms with Crippen LogP contribution in [-0.2, 0) is 5.41 Å². The number of phenols is 1. The number of benzene rings is 1. The monoisotopic (exact) mass is 235 g/mol. The Balaban J connectivity index is 0.00000144. The molecule has 1 saturated heterocycles. The van der Waals surface area contributed by atoms with Crippen LogP contribution < -0.4 is 0 Å². The summed E-state index contributed by atoms with van der Waals surface area (Å²) in [5.41, 5.74) is 1.47. The third-order valence-electron chi connectivity index (χ3n) is 4.19. The van der Waals surface area contributed by atoms with E-state index in [0.29, 0.717) is 11.7 Å². The standard InChI is InChI=1S/C14H21NO.CH4/c1-11-10-15(3)8-7-14(11,2)12-5-4-6-13(16)9-12;/h4-6,9,11,16H,7-8,10H2,1-3H3;1H4. The van der Waals surface area contributed by atoms with Crippen LogP contribution in [0.15, 0.2) is 24.3 Å². The van der Waals surface area contributed by atoms with Gasteiger partial charge in [0.1, 0.15) is 5.75 Å². The summed E-state index contributed by atoms with van der Waals surface area (Å²) < 4.78 is 0. The van der Waals surface area contributed by atoms with Crippen LogP contribution in [0.25, 0.3) is 0 Å². The maximum Gasteiger partial charge on any atom is 0.115 e. The first-order chi connectivity index (χ1) is 7.52. The third-order valence-corrected chi connectivity index (χ3v) is 4.19. The van der Waals surface area contributed by atoms with Crippen molar-refractivity contribution in [2.45, 2.75) is 33.1 Å². The average molecular weight is 235 g/mol. The number of nitrogens with zero attached hydrogens (tertiary/aromatic N) is 1. The molecule has 0 radical (unpaired) electrons. The number of rotatable bonds is 1. The Bertz CT molecular complexity index is 377. The molecule has 1 heterocycles. The highest BCUT2D eigenvalue weighted by Crippen LogP contribution is 2.39. The molecule has 96 valence electrons. The minimum Gasteiger partial charge on any atom is -0.508 e. The molecule has 2 atom stereocenters. The van der Waals surface area contributed by atoms with E-state index in [9.17, 15) is 5.11 Å². The van der Waals surface area contributed by atoms with Crippen molar-refractivity contribution in [1.82, 2.24) is 4.90 Å². The minimum atomic E-state index is 0. The Morgan fingerprint density at radius 3 is 2.71 bits per heavy atom. The van der Waals surface area contributed by atoms with Gasteiger partial charge in [-0.2, -0.15) is 0 Å². The normalized spacial score (nSPS) is 29.7. The molecule has 2 rings (SSSR count). The van der Waals surface area contributed by atoms with Gasteiger partial charge in [-0.15, -0.1) is 0 Å². The van der Waals surface area contributed by atoms with E-state index < -0.39 is 0 Å². The van der Waals surface area contributed by atoms with Crippen molar-refractivity contribution in [3.63, 3.8) is 0 Å². The molecule has 0 spiro atoms. The number of phenolic OH excluding ortho intramolecular Hbond substituents is 1. The van der Waals surface area contributed by atoms with E-state index in [1.807, 2.05) is 12.1 Å². The molecular formula is C15H25NO. The quantitative estimate of drug-likeness (QED) is 0.807. The van der Waals surface area contributed by atoms with Crippen molar-refractivity contribution in [3.05, 3.63) is 29.8 Å². The second-order valence-corrected chi connectivity index (χ2v) is 5.38. The van der Waals surface area contributed by atoms with Crippen molar-refractivity contribution in [3.8, 4) is 5.75 Å². The highest BCUT2D eigenvalue weighted by Gasteiger charge is 2.36. The summed E-state index contributed by atoms with van der Waals surface area (Å²) in [5.74, 6) is 0.998. The van der Waals surface area contributed by atoms with Crippen LogP contribution in [0.4, 0.5) is 0 Å². The van der Waals surface area contributed by atoms with Crippen molar-refractivity contribution in [2.24, 2.45) is 5.92 Å². The van der Waals surface area contributed by atoms with Gasteiger partial charge in [0.2, 0.25) is 0 Å². The Morgan fingerprint density at radius 1 is 1.41 bits per heavy atom. The molecule has 1 aromatic rings. The molecule has 0 aromatic heterocycles. The number of likely N-dealkylation sites (tertiary alicyclic amines) is 1. The van der Waals surface area contributed by atoms with Gasteiger partial charge >= 0.3 is 0 Å². The van der Waals surface area contributed by atoms with E-state index in [1.54, 1.807) is 6.07 Å². The van der Waals surface area contributed by atoms with Gasteiger partial charge in [0.25, 0.3) is 0 Å². The molecule has 1 aliphatic heterocycles. The molecule has 0 bridgehead atoms. The van der Waals surface area contributed by atoms with E-state index in [4.69, 9.17) is 0 Å². The summed E-state index contributed by atoms with van der Waals surface area (Å²) in [6.45, 7) is 6.89. The van der Waals surface area contributed by atoms with Gasteiger partial charge in [-0.05, 0) is 49.0 Å². The topological polar surface area (TPSA) is 23.5 Å². The molecular weight excluding hydrogens is 210 g/mol. The lowest BCUT2D eigenvalue weighted by atomic mass is 9.68. The molecule has 0 aliphatic carbocycles. The van der Waals surface area contributed by atoms with Crippen LogP contribution in [0, 0.1) is 5.92 Å². The lowest BCUT2D eigenvalue weighted by Crippen LogP contribution is -2.45. The number of piperidine rings is 1.